The van der Waals surface area contributed by atoms with Gasteiger partial charge < -0.3 is 9.72 Å². The normalized spacial score (nSPS) is 12.4. The van der Waals surface area contributed by atoms with Crippen LogP contribution in [0, 0.1) is 5.82 Å². The predicted octanol–water partition coefficient (Wildman–Crippen LogP) is 4.62. The molecule has 7 heteroatoms. The van der Waals surface area contributed by atoms with Crippen molar-refractivity contribution in [3.05, 3.63) is 57.5 Å². The summed E-state index contributed by atoms with van der Waals surface area (Å²) in [5.74, 6) is -0.555. The zero-order valence-corrected chi connectivity index (χ0v) is 16.0. The summed E-state index contributed by atoms with van der Waals surface area (Å²) in [5, 5.41) is 2.93. The third kappa shape index (κ3) is 3.85. The Morgan fingerprint density at radius 2 is 2.16 bits per heavy atom. The highest BCUT2D eigenvalue weighted by Gasteiger charge is 2.18. The maximum atomic E-state index is 13.5. The fraction of sp³-hybridized carbons (Fsp3) is 0.222. The van der Waals surface area contributed by atoms with Gasteiger partial charge in [-0.15, -0.1) is 0 Å². The second kappa shape index (κ2) is 7.14. The molecule has 1 N–H and O–H groups in total. The fourth-order valence-electron chi connectivity index (χ4n) is 2.83. The molecule has 2 aromatic heterocycles. The van der Waals surface area contributed by atoms with E-state index in [1.807, 2.05) is 29.7 Å². The van der Waals surface area contributed by atoms with Crippen molar-refractivity contribution in [3.63, 3.8) is 0 Å². The third-order valence-corrected chi connectivity index (χ3v) is 4.61. The number of amides is 1. The van der Waals surface area contributed by atoms with Gasteiger partial charge in [0.15, 0.2) is 0 Å². The van der Waals surface area contributed by atoms with Gasteiger partial charge in [-0.2, -0.15) is 0 Å². The van der Waals surface area contributed by atoms with Crippen molar-refractivity contribution >= 4 is 39.1 Å². The molecule has 25 heavy (non-hydrogen) atoms. The Hall–Kier alpha value is -1.92. The second-order valence-electron chi connectivity index (χ2n) is 5.91. The van der Waals surface area contributed by atoms with Crippen LogP contribution in [0.2, 0.25) is 5.02 Å². The Morgan fingerprint density at radius 3 is 2.84 bits per heavy atom. The van der Waals surface area contributed by atoms with E-state index in [1.165, 1.54) is 13.0 Å². The largest absolute Gasteiger partial charge is 0.354 e. The first-order chi connectivity index (χ1) is 11.8. The van der Waals surface area contributed by atoms with Crippen molar-refractivity contribution in [2.75, 3.05) is 0 Å². The Bertz CT molecular complexity index is 957. The van der Waals surface area contributed by atoms with Crippen molar-refractivity contribution in [2.45, 2.75) is 26.3 Å². The molecule has 0 aliphatic rings. The van der Waals surface area contributed by atoms with Crippen LogP contribution < -0.4 is 5.32 Å². The average Bonchev–Trinajstić information content (AvgIpc) is 2.87. The Balaban J connectivity index is 2.13. The van der Waals surface area contributed by atoms with Crippen LogP contribution in [-0.4, -0.2) is 21.3 Å². The second-order valence-corrected chi connectivity index (χ2v) is 7.24. The number of benzene rings is 1. The topological polar surface area (TPSA) is 46.4 Å². The minimum Gasteiger partial charge on any atom is -0.354 e. The van der Waals surface area contributed by atoms with E-state index < -0.39 is 5.82 Å². The van der Waals surface area contributed by atoms with Crippen LogP contribution in [-0.2, 0) is 11.2 Å². The summed E-state index contributed by atoms with van der Waals surface area (Å²) in [6, 6.07) is 8.31. The lowest BCUT2D eigenvalue weighted by molar-refractivity contribution is -0.119. The maximum Gasteiger partial charge on any atom is 0.217 e. The highest BCUT2D eigenvalue weighted by Crippen LogP contribution is 2.29. The number of carbonyl (C=O) groups is 1. The Morgan fingerprint density at radius 1 is 1.40 bits per heavy atom. The van der Waals surface area contributed by atoms with E-state index in [1.54, 1.807) is 12.1 Å². The van der Waals surface area contributed by atoms with Crippen molar-refractivity contribution in [1.82, 2.24) is 14.7 Å². The smallest absolute Gasteiger partial charge is 0.217 e. The molecule has 0 aliphatic heterocycles. The Kier molecular flexibility index (Phi) is 5.11. The van der Waals surface area contributed by atoms with Gasteiger partial charge in [-0.25, -0.2) is 9.37 Å². The highest BCUT2D eigenvalue weighted by atomic mass is 79.9. The van der Waals surface area contributed by atoms with Crippen molar-refractivity contribution in [3.8, 4) is 11.3 Å². The van der Waals surface area contributed by atoms with E-state index in [0.29, 0.717) is 6.42 Å². The molecule has 0 saturated heterocycles. The summed E-state index contributed by atoms with van der Waals surface area (Å²) in [6.45, 7) is 3.42. The number of fused-ring (bicyclic) bond motifs is 1. The highest BCUT2D eigenvalue weighted by molar-refractivity contribution is 9.10. The van der Waals surface area contributed by atoms with Crippen LogP contribution in [0.5, 0.6) is 0 Å². The minimum absolute atomic E-state index is 0.0524. The van der Waals surface area contributed by atoms with Gasteiger partial charge in [-0.1, -0.05) is 27.5 Å². The van der Waals surface area contributed by atoms with E-state index in [-0.39, 0.29) is 17.0 Å². The molecule has 0 fully saturated rings. The summed E-state index contributed by atoms with van der Waals surface area (Å²) >= 11 is 9.39. The zero-order chi connectivity index (χ0) is 18.1. The lowest BCUT2D eigenvalue weighted by Gasteiger charge is -2.14. The van der Waals surface area contributed by atoms with Gasteiger partial charge >= 0.3 is 0 Å². The molecule has 1 atom stereocenters. The molecule has 0 bridgehead atoms. The predicted molar refractivity (Wildman–Crippen MR) is 100 cm³/mol. The van der Waals surface area contributed by atoms with E-state index in [0.717, 1.165) is 27.1 Å². The number of hydrogen-bond acceptors (Lipinski definition) is 2. The first-order valence-electron chi connectivity index (χ1n) is 7.74. The number of aromatic nitrogens is 2. The van der Waals surface area contributed by atoms with Gasteiger partial charge in [-0.3, -0.25) is 4.79 Å². The standard InChI is InChI=1S/C18H16BrClFN3O/c1-10(22-11(2)25)7-16-18(12-3-4-15(21)14(20)8-12)23-17-9-13(19)5-6-24(16)17/h3-6,8-10H,7H2,1-2H3,(H,22,25). The van der Waals surface area contributed by atoms with Crippen molar-refractivity contribution in [2.24, 2.45) is 0 Å². The van der Waals surface area contributed by atoms with Gasteiger partial charge in [-0.05, 0) is 37.3 Å². The molecule has 0 radical (unpaired) electrons. The molecular formula is C18H16BrClFN3O. The zero-order valence-electron chi connectivity index (χ0n) is 13.7. The lowest BCUT2D eigenvalue weighted by atomic mass is 10.1. The molecule has 3 aromatic rings. The molecule has 1 aromatic carbocycles. The number of nitrogens with one attached hydrogen (secondary N) is 1. The van der Waals surface area contributed by atoms with Crippen LogP contribution in [0.1, 0.15) is 19.5 Å². The van der Waals surface area contributed by atoms with Gasteiger partial charge in [0, 0.05) is 35.6 Å². The molecular weight excluding hydrogens is 409 g/mol. The first kappa shape index (κ1) is 17.9. The lowest BCUT2D eigenvalue weighted by Crippen LogP contribution is -2.32. The average molecular weight is 425 g/mol. The molecule has 3 rings (SSSR count). The molecule has 130 valence electrons. The number of nitrogens with zero attached hydrogens (tertiary/aromatic N) is 2. The Labute approximate surface area is 158 Å². The quantitative estimate of drug-likeness (QED) is 0.664. The molecule has 0 aliphatic carbocycles. The molecule has 0 saturated carbocycles. The van der Waals surface area contributed by atoms with E-state index in [2.05, 4.69) is 26.2 Å². The third-order valence-electron chi connectivity index (χ3n) is 3.83. The molecule has 2 heterocycles. The van der Waals surface area contributed by atoms with E-state index in [4.69, 9.17) is 11.6 Å². The summed E-state index contributed by atoms with van der Waals surface area (Å²) in [7, 11) is 0. The monoisotopic (exact) mass is 423 g/mol. The van der Waals surface area contributed by atoms with Gasteiger partial charge in [0.2, 0.25) is 5.91 Å². The summed E-state index contributed by atoms with van der Waals surface area (Å²) in [5.41, 5.74) is 3.13. The summed E-state index contributed by atoms with van der Waals surface area (Å²) in [6.07, 6.45) is 2.49. The number of rotatable bonds is 4. The molecule has 4 nitrogen and oxygen atoms in total. The van der Waals surface area contributed by atoms with Gasteiger partial charge in [0.1, 0.15) is 11.5 Å². The number of hydrogen-bond donors (Lipinski definition) is 1. The van der Waals surface area contributed by atoms with Crippen molar-refractivity contribution in [1.29, 1.82) is 0 Å². The number of halogens is 3. The van der Waals surface area contributed by atoms with Gasteiger partial charge in [0.05, 0.1) is 16.4 Å². The first-order valence-corrected chi connectivity index (χ1v) is 8.91. The maximum absolute atomic E-state index is 13.5. The van der Waals surface area contributed by atoms with Crippen LogP contribution in [0.3, 0.4) is 0 Å². The molecule has 0 spiro atoms. The molecule has 1 unspecified atom stereocenters. The minimum atomic E-state index is -0.468. The number of imidazole rings is 1. The number of pyridine rings is 1. The van der Waals surface area contributed by atoms with Crippen LogP contribution in [0.15, 0.2) is 41.0 Å². The summed E-state index contributed by atoms with van der Waals surface area (Å²) in [4.78, 5) is 16.0. The van der Waals surface area contributed by atoms with Crippen LogP contribution in [0.4, 0.5) is 4.39 Å². The van der Waals surface area contributed by atoms with E-state index >= 15 is 0 Å². The molecule has 1 amide bonds. The van der Waals surface area contributed by atoms with Crippen LogP contribution >= 0.6 is 27.5 Å². The van der Waals surface area contributed by atoms with Crippen LogP contribution in [0.25, 0.3) is 16.9 Å². The van der Waals surface area contributed by atoms with Crippen molar-refractivity contribution < 1.29 is 9.18 Å². The van der Waals surface area contributed by atoms with Gasteiger partial charge in [0.25, 0.3) is 0 Å². The number of carbonyl (C=O) groups excluding carboxylic acids is 1. The van der Waals surface area contributed by atoms with E-state index in [9.17, 15) is 9.18 Å². The SMILES string of the molecule is CC(=O)NC(C)Cc1c(-c2ccc(F)c(Cl)c2)nc2cc(Br)ccn12. The fourth-order valence-corrected chi connectivity index (χ4v) is 3.33. The summed E-state index contributed by atoms with van der Waals surface area (Å²) < 4.78 is 16.4.